The van der Waals surface area contributed by atoms with E-state index in [4.69, 9.17) is 0 Å². The van der Waals surface area contributed by atoms with Crippen molar-refractivity contribution < 1.29 is 12.8 Å². The highest BCUT2D eigenvalue weighted by Crippen LogP contribution is 2.33. The summed E-state index contributed by atoms with van der Waals surface area (Å²) in [5.74, 6) is -0.233. The number of halogens is 1. The van der Waals surface area contributed by atoms with Gasteiger partial charge in [-0.3, -0.25) is 0 Å². The molecule has 1 saturated heterocycles. The largest absolute Gasteiger partial charge is 0.316 e. The molecule has 1 aromatic rings. The normalized spacial score (nSPS) is 20.3. The van der Waals surface area contributed by atoms with Crippen LogP contribution in [0.4, 0.5) is 4.39 Å². The molecule has 0 aliphatic carbocycles. The van der Waals surface area contributed by atoms with Gasteiger partial charge in [0, 0.05) is 12.8 Å². The zero-order valence-electron chi connectivity index (χ0n) is 10.4. The molecule has 0 spiro atoms. The lowest BCUT2D eigenvalue weighted by molar-refractivity contribution is 0.572. The number of hydrogen-bond donors (Lipinski definition) is 1. The fourth-order valence-corrected chi connectivity index (χ4v) is 4.24. The summed E-state index contributed by atoms with van der Waals surface area (Å²) in [5, 5.41) is 3.20. The van der Waals surface area contributed by atoms with Crippen LogP contribution in [0.25, 0.3) is 0 Å². The number of thioether (sulfide) groups is 1. The Morgan fingerprint density at radius 2 is 2.17 bits per heavy atom. The topological polar surface area (TPSA) is 46.2 Å². The van der Waals surface area contributed by atoms with Crippen LogP contribution >= 0.6 is 11.8 Å². The monoisotopic (exact) mass is 289 g/mol. The fraction of sp³-hybridized carbons (Fsp3) is 0.500. The molecule has 0 saturated carbocycles. The number of benzene rings is 1. The summed E-state index contributed by atoms with van der Waals surface area (Å²) in [7, 11) is -3.40. The minimum absolute atomic E-state index is 0.108. The van der Waals surface area contributed by atoms with Crippen LogP contribution in [0.3, 0.4) is 0 Å². The molecule has 6 heteroatoms. The van der Waals surface area contributed by atoms with Gasteiger partial charge in [0.15, 0.2) is 9.84 Å². The molecule has 1 fully saturated rings. The van der Waals surface area contributed by atoms with E-state index in [1.165, 1.54) is 6.07 Å². The Labute approximate surface area is 111 Å². The molecule has 1 heterocycles. The standard InChI is InChI=1S/C12H16FNO2S2/c1-17-12-10(13)5-9(8-3-4-14-7-8)6-11(12)18(2,15)16/h5-6,8,14H,3-4,7H2,1-2H3. The van der Waals surface area contributed by atoms with Crippen LogP contribution < -0.4 is 5.32 Å². The van der Waals surface area contributed by atoms with Crippen LogP contribution in [0.5, 0.6) is 0 Å². The van der Waals surface area contributed by atoms with Gasteiger partial charge >= 0.3 is 0 Å². The molecule has 0 aromatic heterocycles. The van der Waals surface area contributed by atoms with E-state index in [0.29, 0.717) is 0 Å². The highest BCUT2D eigenvalue weighted by molar-refractivity contribution is 7.99. The van der Waals surface area contributed by atoms with Gasteiger partial charge < -0.3 is 5.32 Å². The second-order valence-corrected chi connectivity index (χ2v) is 7.30. The summed E-state index contributed by atoms with van der Waals surface area (Å²) < 4.78 is 37.5. The first kappa shape index (κ1) is 13.8. The summed E-state index contributed by atoms with van der Waals surface area (Å²) in [6.45, 7) is 1.67. The van der Waals surface area contributed by atoms with Crippen molar-refractivity contribution in [2.45, 2.75) is 22.1 Å². The zero-order chi connectivity index (χ0) is 13.3. The maximum Gasteiger partial charge on any atom is 0.176 e. The van der Waals surface area contributed by atoms with Gasteiger partial charge in [-0.1, -0.05) is 0 Å². The molecule has 1 unspecified atom stereocenters. The van der Waals surface area contributed by atoms with Crippen LogP contribution in [-0.2, 0) is 9.84 Å². The van der Waals surface area contributed by atoms with Gasteiger partial charge in [-0.15, -0.1) is 11.8 Å². The third-order valence-corrected chi connectivity index (χ3v) is 5.24. The summed E-state index contributed by atoms with van der Waals surface area (Å²) in [6, 6.07) is 3.10. The first-order valence-corrected chi connectivity index (χ1v) is 8.83. The summed E-state index contributed by atoms with van der Waals surface area (Å²) in [6.07, 6.45) is 3.73. The van der Waals surface area contributed by atoms with Gasteiger partial charge in [-0.05, 0) is 42.8 Å². The maximum atomic E-state index is 14.0. The van der Waals surface area contributed by atoms with E-state index in [1.807, 2.05) is 0 Å². The van der Waals surface area contributed by atoms with E-state index >= 15 is 0 Å². The molecule has 2 rings (SSSR count). The molecule has 0 radical (unpaired) electrons. The second-order valence-electron chi connectivity index (χ2n) is 4.50. The third kappa shape index (κ3) is 2.70. The van der Waals surface area contributed by atoms with Crippen LogP contribution in [0.15, 0.2) is 21.9 Å². The SMILES string of the molecule is CSc1c(F)cc(C2CCNC2)cc1S(C)(=O)=O. The van der Waals surface area contributed by atoms with Crippen LogP contribution in [0.2, 0.25) is 0 Å². The summed E-state index contributed by atoms with van der Waals surface area (Å²) in [5.41, 5.74) is 0.774. The van der Waals surface area contributed by atoms with E-state index in [0.717, 1.165) is 43.1 Å². The van der Waals surface area contributed by atoms with Crippen molar-refractivity contribution in [2.24, 2.45) is 0 Å². The number of hydrogen-bond acceptors (Lipinski definition) is 4. The van der Waals surface area contributed by atoms with Crippen molar-refractivity contribution in [3.8, 4) is 0 Å². The van der Waals surface area contributed by atoms with Crippen molar-refractivity contribution >= 4 is 21.6 Å². The van der Waals surface area contributed by atoms with Gasteiger partial charge in [-0.25, -0.2) is 12.8 Å². The predicted molar refractivity (Wildman–Crippen MR) is 71.5 cm³/mol. The van der Waals surface area contributed by atoms with E-state index < -0.39 is 15.7 Å². The maximum absolute atomic E-state index is 14.0. The van der Waals surface area contributed by atoms with Gasteiger partial charge in [0.2, 0.25) is 0 Å². The van der Waals surface area contributed by atoms with Crippen molar-refractivity contribution in [1.29, 1.82) is 0 Å². The van der Waals surface area contributed by atoms with Crippen molar-refractivity contribution in [2.75, 3.05) is 25.6 Å². The number of nitrogens with one attached hydrogen (secondary N) is 1. The van der Waals surface area contributed by atoms with Crippen molar-refractivity contribution in [3.63, 3.8) is 0 Å². The molecule has 3 nitrogen and oxygen atoms in total. The molecule has 18 heavy (non-hydrogen) atoms. The lowest BCUT2D eigenvalue weighted by atomic mass is 9.98. The summed E-state index contributed by atoms with van der Waals surface area (Å²) >= 11 is 1.13. The smallest absolute Gasteiger partial charge is 0.176 e. The predicted octanol–water partition coefficient (Wildman–Crippen LogP) is 2.03. The Hall–Kier alpha value is -0.590. The number of sulfone groups is 1. The van der Waals surface area contributed by atoms with Gasteiger partial charge in [0.05, 0.1) is 9.79 Å². The Bertz CT molecular complexity index is 551. The van der Waals surface area contributed by atoms with E-state index in [-0.39, 0.29) is 15.7 Å². The molecule has 1 N–H and O–H groups in total. The van der Waals surface area contributed by atoms with E-state index in [1.54, 1.807) is 12.3 Å². The zero-order valence-corrected chi connectivity index (χ0v) is 12.0. The summed E-state index contributed by atoms with van der Waals surface area (Å²) in [4.78, 5) is 0.323. The molecule has 1 aliphatic rings. The Morgan fingerprint density at radius 3 is 2.67 bits per heavy atom. The molecule has 0 bridgehead atoms. The minimum atomic E-state index is -3.40. The molecule has 1 aromatic carbocycles. The Morgan fingerprint density at radius 1 is 1.44 bits per heavy atom. The van der Waals surface area contributed by atoms with E-state index in [9.17, 15) is 12.8 Å². The van der Waals surface area contributed by atoms with Crippen molar-refractivity contribution in [3.05, 3.63) is 23.5 Å². The van der Waals surface area contributed by atoms with Gasteiger partial charge in [0.25, 0.3) is 0 Å². The van der Waals surface area contributed by atoms with Crippen LogP contribution in [-0.4, -0.2) is 34.0 Å². The Kier molecular flexibility index (Phi) is 3.99. The van der Waals surface area contributed by atoms with Crippen LogP contribution in [0, 0.1) is 5.82 Å². The van der Waals surface area contributed by atoms with Gasteiger partial charge in [0.1, 0.15) is 5.82 Å². The highest BCUT2D eigenvalue weighted by Gasteiger charge is 2.23. The van der Waals surface area contributed by atoms with Crippen LogP contribution in [0.1, 0.15) is 17.9 Å². The first-order chi connectivity index (χ1) is 8.43. The number of rotatable bonds is 3. The van der Waals surface area contributed by atoms with Gasteiger partial charge in [-0.2, -0.15) is 0 Å². The average Bonchev–Trinajstić information content (AvgIpc) is 2.80. The molecular formula is C12H16FNO2S2. The lowest BCUT2D eigenvalue weighted by Crippen LogP contribution is -2.09. The second kappa shape index (κ2) is 5.19. The molecule has 100 valence electrons. The quantitative estimate of drug-likeness (QED) is 0.865. The fourth-order valence-electron chi connectivity index (χ4n) is 2.24. The van der Waals surface area contributed by atoms with E-state index in [2.05, 4.69) is 5.32 Å². The third-order valence-electron chi connectivity index (χ3n) is 3.17. The molecule has 1 aliphatic heterocycles. The molecular weight excluding hydrogens is 273 g/mol. The molecule has 0 amide bonds. The first-order valence-electron chi connectivity index (χ1n) is 5.71. The molecule has 1 atom stereocenters. The highest BCUT2D eigenvalue weighted by atomic mass is 32.2. The minimum Gasteiger partial charge on any atom is -0.316 e. The average molecular weight is 289 g/mol. The lowest BCUT2D eigenvalue weighted by Gasteiger charge is -2.14. The Balaban J connectivity index is 2.55. The van der Waals surface area contributed by atoms with Crippen molar-refractivity contribution in [1.82, 2.24) is 5.32 Å².